The van der Waals surface area contributed by atoms with Gasteiger partial charge in [-0.15, -0.1) is 0 Å². The average Bonchev–Trinajstić information content (AvgIpc) is 2.61. The maximum absolute atomic E-state index is 11.9. The summed E-state index contributed by atoms with van der Waals surface area (Å²) in [4.78, 5) is 11.9. The summed E-state index contributed by atoms with van der Waals surface area (Å²) in [5.74, 6) is 0.440. The lowest BCUT2D eigenvalue weighted by Gasteiger charge is -2.19. The molecule has 2 aromatic rings. The molecule has 104 valence electrons. The minimum atomic E-state index is -0.584. The largest absolute Gasteiger partial charge is 0.444 e. The van der Waals surface area contributed by atoms with Crippen molar-refractivity contribution in [3.8, 4) is 6.07 Å². The fourth-order valence-electron chi connectivity index (χ4n) is 2.03. The van der Waals surface area contributed by atoms with E-state index >= 15 is 0 Å². The summed E-state index contributed by atoms with van der Waals surface area (Å²) >= 11 is 0. The van der Waals surface area contributed by atoms with Crippen LogP contribution in [0.4, 0.5) is 10.6 Å². The van der Waals surface area contributed by atoms with Gasteiger partial charge >= 0.3 is 6.09 Å². The Hall–Kier alpha value is -2.48. The number of hydrogen-bond donors (Lipinski definition) is 1. The quantitative estimate of drug-likeness (QED) is 0.863. The predicted molar refractivity (Wildman–Crippen MR) is 76.7 cm³/mol. The van der Waals surface area contributed by atoms with Gasteiger partial charge < -0.3 is 9.14 Å². The van der Waals surface area contributed by atoms with Crippen molar-refractivity contribution in [1.82, 2.24) is 4.40 Å². The summed E-state index contributed by atoms with van der Waals surface area (Å²) in [7, 11) is 0. The first-order valence-electron chi connectivity index (χ1n) is 6.33. The summed E-state index contributed by atoms with van der Waals surface area (Å²) in [6, 6.07) is 7.76. The third kappa shape index (κ3) is 2.59. The summed E-state index contributed by atoms with van der Waals surface area (Å²) < 4.78 is 7.00. The van der Waals surface area contributed by atoms with Crippen LogP contribution in [0.3, 0.4) is 0 Å². The van der Waals surface area contributed by atoms with E-state index in [1.54, 1.807) is 31.4 Å². The standard InChI is InChI=1S/C15H17N3O2/c1-10-11(9-16)13(17-14(19)20-15(2,3)4)18-8-6-5-7-12(10)18/h5-8H,1-4H3,(H,17,19). The van der Waals surface area contributed by atoms with E-state index in [0.29, 0.717) is 11.4 Å². The molecule has 2 heterocycles. The summed E-state index contributed by atoms with van der Waals surface area (Å²) in [5, 5.41) is 12.0. The van der Waals surface area contributed by atoms with Gasteiger partial charge in [-0.1, -0.05) is 6.07 Å². The smallest absolute Gasteiger partial charge is 0.413 e. The highest BCUT2D eigenvalue weighted by molar-refractivity contribution is 5.88. The summed E-state index contributed by atoms with van der Waals surface area (Å²) in [6.07, 6.45) is 1.23. The maximum atomic E-state index is 11.9. The molecule has 0 fully saturated rings. The molecule has 2 rings (SSSR count). The van der Waals surface area contributed by atoms with Crippen LogP contribution in [0.25, 0.3) is 5.52 Å². The minimum absolute atomic E-state index is 0.440. The lowest BCUT2D eigenvalue weighted by atomic mass is 10.2. The predicted octanol–water partition coefficient (Wildman–Crippen LogP) is 3.47. The van der Waals surface area contributed by atoms with E-state index < -0.39 is 11.7 Å². The molecule has 0 saturated heterocycles. The van der Waals surface area contributed by atoms with E-state index in [1.807, 2.05) is 25.1 Å². The lowest BCUT2D eigenvalue weighted by Crippen LogP contribution is -2.27. The number of hydrogen-bond acceptors (Lipinski definition) is 3. The van der Waals surface area contributed by atoms with Crippen molar-refractivity contribution in [3.05, 3.63) is 35.5 Å². The molecule has 5 nitrogen and oxygen atoms in total. The van der Waals surface area contributed by atoms with Crippen LogP contribution in [0.2, 0.25) is 0 Å². The number of anilines is 1. The Morgan fingerprint density at radius 1 is 1.40 bits per heavy atom. The lowest BCUT2D eigenvalue weighted by molar-refractivity contribution is 0.0635. The monoisotopic (exact) mass is 271 g/mol. The Kier molecular flexibility index (Phi) is 3.41. The molecule has 0 aromatic carbocycles. The van der Waals surface area contributed by atoms with Crippen molar-refractivity contribution in [1.29, 1.82) is 5.26 Å². The Labute approximate surface area is 117 Å². The number of pyridine rings is 1. The number of aromatic nitrogens is 1. The van der Waals surface area contributed by atoms with Crippen molar-refractivity contribution in [2.45, 2.75) is 33.3 Å². The van der Waals surface area contributed by atoms with Gasteiger partial charge in [0, 0.05) is 6.20 Å². The normalized spacial score (nSPS) is 11.2. The number of nitriles is 1. The van der Waals surface area contributed by atoms with Crippen molar-refractivity contribution in [3.63, 3.8) is 0 Å². The molecule has 1 amide bonds. The topological polar surface area (TPSA) is 66.5 Å². The second kappa shape index (κ2) is 4.89. The third-order valence-electron chi connectivity index (χ3n) is 2.83. The molecule has 20 heavy (non-hydrogen) atoms. The first-order valence-corrected chi connectivity index (χ1v) is 6.33. The SMILES string of the molecule is Cc1c(C#N)c(NC(=O)OC(C)(C)C)n2ccccc12. The molecular formula is C15H17N3O2. The van der Waals surface area contributed by atoms with Gasteiger partial charge in [0.2, 0.25) is 0 Å². The molecule has 2 aromatic heterocycles. The van der Waals surface area contributed by atoms with Crippen LogP contribution in [0, 0.1) is 18.3 Å². The van der Waals surface area contributed by atoms with Gasteiger partial charge in [0.05, 0.1) is 11.1 Å². The van der Waals surface area contributed by atoms with Gasteiger partial charge in [-0.25, -0.2) is 4.79 Å². The molecule has 1 N–H and O–H groups in total. The van der Waals surface area contributed by atoms with Crippen LogP contribution in [0.15, 0.2) is 24.4 Å². The number of carbonyl (C=O) groups excluding carboxylic acids is 1. The van der Waals surface area contributed by atoms with Gasteiger partial charge in [-0.3, -0.25) is 5.32 Å². The van der Waals surface area contributed by atoms with Crippen LogP contribution in [-0.2, 0) is 4.74 Å². The molecule has 0 bridgehead atoms. The maximum Gasteiger partial charge on any atom is 0.413 e. The second-order valence-electron chi connectivity index (χ2n) is 5.54. The number of ether oxygens (including phenoxy) is 1. The van der Waals surface area contributed by atoms with E-state index in [2.05, 4.69) is 11.4 Å². The Morgan fingerprint density at radius 2 is 2.10 bits per heavy atom. The third-order valence-corrected chi connectivity index (χ3v) is 2.83. The molecular weight excluding hydrogens is 254 g/mol. The van der Waals surface area contributed by atoms with Crippen LogP contribution in [-0.4, -0.2) is 16.1 Å². The van der Waals surface area contributed by atoms with E-state index in [-0.39, 0.29) is 0 Å². The Balaban J connectivity index is 2.44. The summed E-state index contributed by atoms with van der Waals surface area (Å²) in [6.45, 7) is 7.23. The fraction of sp³-hybridized carbons (Fsp3) is 0.333. The Morgan fingerprint density at radius 3 is 2.70 bits per heavy atom. The number of nitrogens with one attached hydrogen (secondary N) is 1. The molecule has 0 spiro atoms. The molecule has 0 unspecified atom stereocenters. The highest BCUT2D eigenvalue weighted by atomic mass is 16.6. The Bertz CT molecular complexity index is 702. The van der Waals surface area contributed by atoms with Gasteiger partial charge in [0.25, 0.3) is 0 Å². The van der Waals surface area contributed by atoms with Gasteiger partial charge in [0.1, 0.15) is 17.5 Å². The van der Waals surface area contributed by atoms with Gasteiger partial charge in [0.15, 0.2) is 0 Å². The number of rotatable bonds is 1. The van der Waals surface area contributed by atoms with Crippen LogP contribution < -0.4 is 5.32 Å². The van der Waals surface area contributed by atoms with E-state index in [1.165, 1.54) is 0 Å². The van der Waals surface area contributed by atoms with Crippen LogP contribution >= 0.6 is 0 Å². The van der Waals surface area contributed by atoms with Crippen LogP contribution in [0.5, 0.6) is 0 Å². The zero-order chi connectivity index (χ0) is 14.9. The molecule has 0 saturated carbocycles. The molecule has 0 aliphatic rings. The van der Waals surface area contributed by atoms with E-state index in [4.69, 9.17) is 4.74 Å². The first-order chi connectivity index (χ1) is 9.33. The molecule has 0 radical (unpaired) electrons. The van der Waals surface area contributed by atoms with Crippen molar-refractivity contribution in [2.24, 2.45) is 0 Å². The fourth-order valence-corrected chi connectivity index (χ4v) is 2.03. The average molecular weight is 271 g/mol. The molecule has 0 aliphatic heterocycles. The van der Waals surface area contributed by atoms with E-state index in [0.717, 1.165) is 11.1 Å². The number of nitrogens with zero attached hydrogens (tertiary/aromatic N) is 2. The first kappa shape index (κ1) is 13.9. The number of fused-ring (bicyclic) bond motifs is 1. The minimum Gasteiger partial charge on any atom is -0.444 e. The van der Waals surface area contributed by atoms with Crippen molar-refractivity contribution < 1.29 is 9.53 Å². The molecule has 0 atom stereocenters. The number of aryl methyl sites for hydroxylation is 1. The highest BCUT2D eigenvalue weighted by Crippen LogP contribution is 2.26. The van der Waals surface area contributed by atoms with E-state index in [9.17, 15) is 10.1 Å². The zero-order valence-corrected chi connectivity index (χ0v) is 12.0. The second-order valence-corrected chi connectivity index (χ2v) is 5.54. The molecule has 0 aliphatic carbocycles. The number of amides is 1. The van der Waals surface area contributed by atoms with Crippen molar-refractivity contribution >= 4 is 17.4 Å². The highest BCUT2D eigenvalue weighted by Gasteiger charge is 2.21. The van der Waals surface area contributed by atoms with Crippen molar-refractivity contribution in [2.75, 3.05) is 5.32 Å². The number of carbonyl (C=O) groups is 1. The van der Waals surface area contributed by atoms with Crippen LogP contribution in [0.1, 0.15) is 31.9 Å². The van der Waals surface area contributed by atoms with Gasteiger partial charge in [-0.05, 0) is 45.4 Å². The zero-order valence-electron chi connectivity index (χ0n) is 12.0. The summed E-state index contributed by atoms with van der Waals surface area (Å²) in [5.41, 5.74) is 1.58. The van der Waals surface area contributed by atoms with Gasteiger partial charge in [-0.2, -0.15) is 5.26 Å². The molecule has 5 heteroatoms.